The summed E-state index contributed by atoms with van der Waals surface area (Å²) in [5, 5.41) is 7.41. The van der Waals surface area contributed by atoms with E-state index in [1.54, 1.807) is 24.3 Å². The van der Waals surface area contributed by atoms with E-state index in [-0.39, 0.29) is 11.3 Å². The average Bonchev–Trinajstić information content (AvgIpc) is 2.97. The number of hydrogen-bond acceptors (Lipinski definition) is 2. The summed E-state index contributed by atoms with van der Waals surface area (Å²) in [7, 11) is 0. The summed E-state index contributed by atoms with van der Waals surface area (Å²) in [6.07, 6.45) is 4.16. The number of benzene rings is 2. The van der Waals surface area contributed by atoms with Gasteiger partial charge in [-0.25, -0.2) is 0 Å². The van der Waals surface area contributed by atoms with Crippen LogP contribution in [0.5, 0.6) is 0 Å². The van der Waals surface area contributed by atoms with Gasteiger partial charge in [0, 0.05) is 38.7 Å². The van der Waals surface area contributed by atoms with Crippen LogP contribution in [0.1, 0.15) is 41.6 Å². The van der Waals surface area contributed by atoms with Crippen molar-refractivity contribution in [2.24, 2.45) is 0 Å². The van der Waals surface area contributed by atoms with Crippen molar-refractivity contribution in [3.63, 3.8) is 0 Å². The Bertz CT molecular complexity index is 896. The quantitative estimate of drug-likeness (QED) is 0.593. The van der Waals surface area contributed by atoms with Gasteiger partial charge in [-0.2, -0.15) is 0 Å². The number of nitrogens with one attached hydrogen (secondary N) is 2. The van der Waals surface area contributed by atoms with E-state index >= 15 is 0 Å². The molecule has 0 radical (unpaired) electrons. The zero-order valence-corrected chi connectivity index (χ0v) is 17.4. The highest BCUT2D eigenvalue weighted by molar-refractivity contribution is 9.10. The van der Waals surface area contributed by atoms with Crippen molar-refractivity contribution in [1.29, 1.82) is 0 Å². The SMILES string of the molecule is C=C1CCC[C@@H]2Nc3ccc(Br)cc3[C@]12CCNC(=O)c1ccc(Cl)cc1. The zero-order chi connectivity index (χ0) is 19.0. The Hall–Kier alpha value is -1.78. The molecule has 1 fully saturated rings. The van der Waals surface area contributed by atoms with Crippen molar-refractivity contribution in [2.75, 3.05) is 11.9 Å². The van der Waals surface area contributed by atoms with Crippen molar-refractivity contribution < 1.29 is 4.79 Å². The van der Waals surface area contributed by atoms with Gasteiger partial charge in [-0.15, -0.1) is 0 Å². The second-order valence-electron chi connectivity index (χ2n) is 7.37. The first-order valence-corrected chi connectivity index (χ1v) is 10.5. The number of carbonyl (C=O) groups is 1. The van der Waals surface area contributed by atoms with Crippen molar-refractivity contribution in [2.45, 2.75) is 37.1 Å². The van der Waals surface area contributed by atoms with Crippen LogP contribution in [-0.4, -0.2) is 18.5 Å². The molecule has 1 aliphatic heterocycles. The summed E-state index contributed by atoms with van der Waals surface area (Å²) in [6, 6.07) is 13.7. The fourth-order valence-electron chi connectivity index (χ4n) is 4.57. The Morgan fingerprint density at radius 1 is 1.30 bits per heavy atom. The first-order chi connectivity index (χ1) is 13.0. The third kappa shape index (κ3) is 3.30. The van der Waals surface area contributed by atoms with E-state index in [4.69, 9.17) is 11.6 Å². The van der Waals surface area contributed by atoms with Gasteiger partial charge in [0.05, 0.1) is 0 Å². The van der Waals surface area contributed by atoms with E-state index < -0.39 is 0 Å². The minimum absolute atomic E-state index is 0.0681. The molecule has 2 aromatic rings. The summed E-state index contributed by atoms with van der Waals surface area (Å²) >= 11 is 9.52. The fourth-order valence-corrected chi connectivity index (χ4v) is 5.06. The van der Waals surface area contributed by atoms with E-state index in [2.05, 4.69) is 51.3 Å². The monoisotopic (exact) mass is 444 g/mol. The molecule has 2 aromatic carbocycles. The Labute approximate surface area is 173 Å². The molecule has 0 aromatic heterocycles. The van der Waals surface area contributed by atoms with E-state index in [1.807, 2.05) is 0 Å². The highest BCUT2D eigenvalue weighted by Gasteiger charge is 2.49. The van der Waals surface area contributed by atoms with Crippen LogP contribution in [0.15, 0.2) is 59.1 Å². The first kappa shape index (κ1) is 18.6. The van der Waals surface area contributed by atoms with E-state index in [0.29, 0.717) is 23.2 Å². The lowest BCUT2D eigenvalue weighted by Crippen LogP contribution is -2.45. The van der Waals surface area contributed by atoms with Gasteiger partial charge in [0.1, 0.15) is 0 Å². The van der Waals surface area contributed by atoms with Crippen LogP contribution in [0.3, 0.4) is 0 Å². The predicted octanol–water partition coefficient (Wildman–Crippen LogP) is 5.69. The first-order valence-electron chi connectivity index (χ1n) is 9.29. The molecule has 3 nitrogen and oxygen atoms in total. The molecule has 0 bridgehead atoms. The predicted molar refractivity (Wildman–Crippen MR) is 115 cm³/mol. The van der Waals surface area contributed by atoms with E-state index in [9.17, 15) is 4.79 Å². The summed E-state index contributed by atoms with van der Waals surface area (Å²) in [5.74, 6) is -0.0681. The molecular weight excluding hydrogens is 424 g/mol. The lowest BCUT2D eigenvalue weighted by Gasteiger charge is -2.42. The molecule has 1 heterocycles. The van der Waals surface area contributed by atoms with Gasteiger partial charge in [0.15, 0.2) is 0 Å². The third-order valence-corrected chi connectivity index (χ3v) is 6.65. The highest BCUT2D eigenvalue weighted by atomic mass is 79.9. The molecule has 140 valence electrons. The van der Waals surface area contributed by atoms with Crippen LogP contribution < -0.4 is 10.6 Å². The maximum Gasteiger partial charge on any atom is 0.251 e. The van der Waals surface area contributed by atoms with E-state index in [1.165, 1.54) is 16.8 Å². The number of carbonyl (C=O) groups excluding carboxylic acids is 1. The van der Waals surface area contributed by atoms with Crippen LogP contribution in [-0.2, 0) is 5.41 Å². The van der Waals surface area contributed by atoms with Crippen molar-refractivity contribution >= 4 is 39.1 Å². The van der Waals surface area contributed by atoms with Crippen LogP contribution in [0.2, 0.25) is 5.02 Å². The van der Waals surface area contributed by atoms with Gasteiger partial charge in [0.25, 0.3) is 5.91 Å². The van der Waals surface area contributed by atoms with Gasteiger partial charge in [-0.05, 0) is 73.7 Å². The van der Waals surface area contributed by atoms with Crippen molar-refractivity contribution in [3.05, 3.63) is 75.2 Å². The summed E-state index contributed by atoms with van der Waals surface area (Å²) in [4.78, 5) is 12.5. The minimum Gasteiger partial charge on any atom is -0.381 e. The van der Waals surface area contributed by atoms with Gasteiger partial charge in [-0.3, -0.25) is 4.79 Å². The number of halogens is 2. The number of amides is 1. The zero-order valence-electron chi connectivity index (χ0n) is 15.0. The Morgan fingerprint density at radius 2 is 2.07 bits per heavy atom. The molecule has 0 unspecified atom stereocenters. The van der Waals surface area contributed by atoms with Crippen LogP contribution in [0.25, 0.3) is 0 Å². The molecule has 0 spiro atoms. The molecule has 27 heavy (non-hydrogen) atoms. The molecule has 1 saturated carbocycles. The van der Waals surface area contributed by atoms with Crippen LogP contribution >= 0.6 is 27.5 Å². The van der Waals surface area contributed by atoms with Gasteiger partial charge >= 0.3 is 0 Å². The average molecular weight is 446 g/mol. The second kappa shape index (κ2) is 7.33. The van der Waals surface area contributed by atoms with Crippen molar-refractivity contribution in [3.8, 4) is 0 Å². The molecule has 2 atom stereocenters. The Kier molecular flexibility index (Phi) is 5.04. The molecule has 2 N–H and O–H groups in total. The minimum atomic E-state index is -0.120. The van der Waals surface area contributed by atoms with Crippen LogP contribution in [0, 0.1) is 0 Å². The molecule has 2 aliphatic rings. The lowest BCUT2D eigenvalue weighted by atomic mass is 9.63. The molecule has 1 aliphatic carbocycles. The third-order valence-electron chi connectivity index (χ3n) is 5.90. The number of anilines is 1. The smallest absolute Gasteiger partial charge is 0.251 e. The largest absolute Gasteiger partial charge is 0.381 e. The Balaban J connectivity index is 1.55. The highest BCUT2D eigenvalue weighted by Crippen LogP contribution is 2.53. The topological polar surface area (TPSA) is 41.1 Å². The number of rotatable bonds is 4. The maximum absolute atomic E-state index is 12.5. The standard InChI is InChI=1S/C22H22BrClN2O/c1-14-3-2-4-20-22(14,18-13-16(23)7-10-19(18)26-20)11-12-25-21(27)15-5-8-17(24)9-6-15/h5-10,13,20,26H,1-4,11-12H2,(H,25,27)/t20-,22-/m0/s1. The van der Waals surface area contributed by atoms with Crippen molar-refractivity contribution in [1.82, 2.24) is 5.32 Å². The van der Waals surface area contributed by atoms with Gasteiger partial charge in [0.2, 0.25) is 0 Å². The maximum atomic E-state index is 12.5. The molecule has 5 heteroatoms. The molecule has 0 saturated heterocycles. The summed E-state index contributed by atoms with van der Waals surface area (Å²) < 4.78 is 1.08. The van der Waals surface area contributed by atoms with E-state index in [0.717, 1.165) is 30.2 Å². The van der Waals surface area contributed by atoms with Gasteiger partial charge < -0.3 is 10.6 Å². The second-order valence-corrected chi connectivity index (χ2v) is 8.72. The lowest BCUT2D eigenvalue weighted by molar-refractivity contribution is 0.0950. The molecule has 4 rings (SSSR count). The molecular formula is C22H22BrClN2O. The number of hydrogen-bond donors (Lipinski definition) is 2. The number of fused-ring (bicyclic) bond motifs is 3. The summed E-state index contributed by atoms with van der Waals surface area (Å²) in [6.45, 7) is 5.04. The Morgan fingerprint density at radius 3 is 2.85 bits per heavy atom. The normalized spacial score (nSPS) is 23.3. The molecule has 1 amide bonds. The van der Waals surface area contributed by atoms with Crippen LogP contribution in [0.4, 0.5) is 5.69 Å². The van der Waals surface area contributed by atoms with Gasteiger partial charge in [-0.1, -0.05) is 39.7 Å². The summed E-state index contributed by atoms with van der Waals surface area (Å²) in [5.41, 5.74) is 4.26. The fraction of sp³-hybridized carbons (Fsp3) is 0.318.